The highest BCUT2D eigenvalue weighted by atomic mass is 16.5. The molecule has 0 aliphatic heterocycles. The van der Waals surface area contributed by atoms with Gasteiger partial charge in [0, 0.05) is 23.7 Å². The molecule has 0 amide bonds. The summed E-state index contributed by atoms with van der Waals surface area (Å²) in [6.45, 7) is 0. The third-order valence-electron chi connectivity index (χ3n) is 4.63. The standard InChI is InChI=1S/C16H14N2O4/c17-13-6-9(3-4-18-13)22-8-1-2-12(19)10(5-8)14-11-7-16(11,14)15(20)21/h1-6,11,14,19H,7H2,(H2,17,18)(H,20,21)/t11-,14+,16-/m0/s1. The van der Waals surface area contributed by atoms with Crippen LogP contribution in [0.25, 0.3) is 0 Å². The van der Waals surface area contributed by atoms with E-state index in [1.807, 2.05) is 0 Å². The van der Waals surface area contributed by atoms with E-state index in [9.17, 15) is 15.0 Å². The molecule has 2 aliphatic carbocycles. The minimum atomic E-state index is -0.782. The van der Waals surface area contributed by atoms with Crippen LogP contribution < -0.4 is 10.5 Å². The molecule has 0 unspecified atom stereocenters. The predicted molar refractivity (Wildman–Crippen MR) is 77.7 cm³/mol. The Morgan fingerprint density at radius 1 is 1.32 bits per heavy atom. The average Bonchev–Trinajstić information content (AvgIpc) is 3.31. The number of nitrogens with two attached hydrogens (primary N) is 1. The van der Waals surface area contributed by atoms with Crippen LogP contribution in [-0.4, -0.2) is 21.2 Å². The number of nitrogen functional groups attached to an aromatic ring is 1. The van der Waals surface area contributed by atoms with Crippen LogP contribution >= 0.6 is 0 Å². The topological polar surface area (TPSA) is 106 Å². The number of rotatable bonds is 4. The molecule has 2 aliphatic rings. The van der Waals surface area contributed by atoms with Crippen molar-refractivity contribution in [3.63, 3.8) is 0 Å². The van der Waals surface area contributed by atoms with E-state index in [0.717, 1.165) is 0 Å². The summed E-state index contributed by atoms with van der Waals surface area (Å²) in [7, 11) is 0. The minimum absolute atomic E-state index is 0.111. The lowest BCUT2D eigenvalue weighted by Crippen LogP contribution is -2.10. The molecule has 2 aromatic rings. The van der Waals surface area contributed by atoms with E-state index in [2.05, 4.69) is 4.98 Å². The number of aromatic nitrogens is 1. The number of phenolic OH excluding ortho intramolecular Hbond substituents is 1. The number of hydrogen-bond donors (Lipinski definition) is 3. The average molecular weight is 298 g/mol. The van der Waals surface area contributed by atoms with Gasteiger partial charge >= 0.3 is 5.97 Å². The fraction of sp³-hybridized carbons (Fsp3) is 0.250. The number of anilines is 1. The van der Waals surface area contributed by atoms with Gasteiger partial charge in [0.05, 0.1) is 5.41 Å². The zero-order valence-corrected chi connectivity index (χ0v) is 11.6. The molecule has 4 rings (SSSR count). The first-order valence-electron chi connectivity index (χ1n) is 6.98. The molecule has 0 spiro atoms. The van der Waals surface area contributed by atoms with E-state index in [0.29, 0.717) is 29.3 Å². The van der Waals surface area contributed by atoms with Gasteiger partial charge in [0.25, 0.3) is 0 Å². The number of hydrogen-bond acceptors (Lipinski definition) is 5. The summed E-state index contributed by atoms with van der Waals surface area (Å²) in [5.74, 6) is 0.779. The number of benzene rings is 1. The van der Waals surface area contributed by atoms with E-state index in [-0.39, 0.29) is 17.6 Å². The first-order valence-corrected chi connectivity index (χ1v) is 6.98. The van der Waals surface area contributed by atoms with Crippen molar-refractivity contribution in [3.05, 3.63) is 42.1 Å². The smallest absolute Gasteiger partial charge is 0.310 e. The first kappa shape index (κ1) is 12.9. The molecule has 0 bridgehead atoms. The van der Waals surface area contributed by atoms with Gasteiger partial charge < -0.3 is 20.7 Å². The number of aliphatic carboxylic acids is 1. The van der Waals surface area contributed by atoms with Gasteiger partial charge in [-0.15, -0.1) is 0 Å². The second-order valence-electron chi connectivity index (χ2n) is 5.87. The Kier molecular flexibility index (Phi) is 2.43. The Morgan fingerprint density at radius 3 is 2.73 bits per heavy atom. The van der Waals surface area contributed by atoms with Gasteiger partial charge in [0.2, 0.25) is 0 Å². The van der Waals surface area contributed by atoms with Crippen molar-refractivity contribution in [1.82, 2.24) is 4.98 Å². The lowest BCUT2D eigenvalue weighted by molar-refractivity contribution is -0.141. The molecule has 112 valence electrons. The molecule has 6 nitrogen and oxygen atoms in total. The predicted octanol–water partition coefficient (Wildman–Crippen LogP) is 2.35. The van der Waals surface area contributed by atoms with Gasteiger partial charge in [0.1, 0.15) is 23.1 Å². The van der Waals surface area contributed by atoms with Gasteiger partial charge in [-0.25, -0.2) is 4.98 Å². The fourth-order valence-corrected chi connectivity index (χ4v) is 3.25. The van der Waals surface area contributed by atoms with E-state index in [1.165, 1.54) is 6.07 Å². The van der Waals surface area contributed by atoms with Gasteiger partial charge in [-0.2, -0.15) is 0 Å². The second-order valence-corrected chi connectivity index (χ2v) is 5.87. The van der Waals surface area contributed by atoms with Crippen LogP contribution in [0.1, 0.15) is 17.9 Å². The van der Waals surface area contributed by atoms with Crippen molar-refractivity contribution in [2.45, 2.75) is 12.3 Å². The van der Waals surface area contributed by atoms with E-state index in [4.69, 9.17) is 10.5 Å². The highest BCUT2D eigenvalue weighted by Gasteiger charge is 2.84. The number of carboxylic acid groups (broad SMARTS) is 1. The van der Waals surface area contributed by atoms with Crippen molar-refractivity contribution >= 4 is 11.8 Å². The SMILES string of the molecule is Nc1cc(Oc2ccc(O)c([C@@H]3[C@@H]4C[C@@]34C(=O)O)c2)ccn1. The Morgan fingerprint density at radius 2 is 2.09 bits per heavy atom. The number of carbonyl (C=O) groups is 1. The van der Waals surface area contributed by atoms with E-state index in [1.54, 1.807) is 30.5 Å². The Balaban J connectivity index is 1.61. The van der Waals surface area contributed by atoms with E-state index < -0.39 is 11.4 Å². The summed E-state index contributed by atoms with van der Waals surface area (Å²) in [5.41, 5.74) is 5.58. The highest BCUT2D eigenvalue weighted by molar-refractivity contribution is 5.87. The molecule has 4 N–H and O–H groups in total. The van der Waals surface area contributed by atoms with Crippen LogP contribution in [-0.2, 0) is 4.79 Å². The maximum atomic E-state index is 11.3. The van der Waals surface area contributed by atoms with Crippen LogP contribution in [0.15, 0.2) is 36.5 Å². The van der Waals surface area contributed by atoms with Gasteiger partial charge in [-0.1, -0.05) is 0 Å². The monoisotopic (exact) mass is 298 g/mol. The second kappa shape index (κ2) is 4.13. The van der Waals surface area contributed by atoms with E-state index >= 15 is 0 Å². The summed E-state index contributed by atoms with van der Waals surface area (Å²) >= 11 is 0. The van der Waals surface area contributed by atoms with Crippen molar-refractivity contribution in [2.75, 3.05) is 5.73 Å². The third-order valence-corrected chi connectivity index (χ3v) is 4.63. The molecule has 3 atom stereocenters. The molecular weight excluding hydrogens is 284 g/mol. The molecule has 1 heterocycles. The molecule has 22 heavy (non-hydrogen) atoms. The summed E-state index contributed by atoms with van der Waals surface area (Å²) in [6, 6.07) is 8.14. The first-order chi connectivity index (χ1) is 10.5. The number of pyridine rings is 1. The van der Waals surface area contributed by atoms with Gasteiger partial charge in [-0.3, -0.25) is 4.79 Å². The maximum absolute atomic E-state index is 11.3. The zero-order valence-electron chi connectivity index (χ0n) is 11.6. The van der Waals surface area contributed by atoms with Crippen LogP contribution in [0.3, 0.4) is 0 Å². The minimum Gasteiger partial charge on any atom is -0.508 e. The number of aromatic hydroxyl groups is 1. The maximum Gasteiger partial charge on any atom is 0.310 e. The lowest BCUT2D eigenvalue weighted by atomic mass is 9.96. The van der Waals surface area contributed by atoms with Crippen LogP contribution in [0.5, 0.6) is 17.2 Å². The number of nitrogens with zero attached hydrogens (tertiary/aromatic N) is 1. The number of phenols is 1. The van der Waals surface area contributed by atoms with Crippen LogP contribution in [0.4, 0.5) is 5.82 Å². The molecule has 0 saturated heterocycles. The number of fused-ring (bicyclic) bond motifs is 1. The van der Waals surface area contributed by atoms with Crippen molar-refractivity contribution < 1.29 is 19.7 Å². The van der Waals surface area contributed by atoms with Crippen molar-refractivity contribution in [2.24, 2.45) is 11.3 Å². The van der Waals surface area contributed by atoms with Gasteiger partial charge in [-0.05, 0) is 36.6 Å². The largest absolute Gasteiger partial charge is 0.508 e. The molecule has 2 saturated carbocycles. The third kappa shape index (κ3) is 1.73. The Bertz CT molecular complexity index is 791. The number of carboxylic acids is 1. The number of ether oxygens (including phenoxy) is 1. The molecular formula is C16H14N2O4. The summed E-state index contributed by atoms with van der Waals surface area (Å²) in [5, 5.41) is 19.3. The van der Waals surface area contributed by atoms with Gasteiger partial charge in [0.15, 0.2) is 0 Å². The molecule has 0 radical (unpaired) electrons. The molecule has 1 aromatic carbocycles. The summed E-state index contributed by atoms with van der Waals surface area (Å²) in [4.78, 5) is 15.2. The molecule has 1 aromatic heterocycles. The molecule has 6 heteroatoms. The summed E-state index contributed by atoms with van der Waals surface area (Å²) < 4.78 is 5.70. The van der Waals surface area contributed by atoms with Crippen molar-refractivity contribution in [3.8, 4) is 17.2 Å². The highest BCUT2D eigenvalue weighted by Crippen LogP contribution is 2.85. The zero-order chi connectivity index (χ0) is 15.5. The van der Waals surface area contributed by atoms with Crippen LogP contribution in [0, 0.1) is 11.3 Å². The fourth-order valence-electron chi connectivity index (χ4n) is 3.25. The lowest BCUT2D eigenvalue weighted by Gasteiger charge is -2.13. The van der Waals surface area contributed by atoms with Crippen molar-refractivity contribution in [1.29, 1.82) is 0 Å². The molecule has 2 fully saturated rings. The normalized spacial score (nSPS) is 27.8. The Labute approximate surface area is 126 Å². The Hall–Kier alpha value is -2.76. The quantitative estimate of drug-likeness (QED) is 0.800. The summed E-state index contributed by atoms with van der Waals surface area (Å²) in [6.07, 6.45) is 2.24. The van der Waals surface area contributed by atoms with Crippen LogP contribution in [0.2, 0.25) is 0 Å².